The van der Waals surface area contributed by atoms with Gasteiger partial charge < -0.3 is 24.6 Å². The number of likely N-dealkylation sites (N-methyl/N-ethyl adjacent to an activating group) is 3. The SMILES string of the molecule is COc1cc(C)c(S(=O)(=O)N(C)CCOCC(=O)N(C)C2CCC(NCCN(C)C)C2)c(C)c1. The molecule has 0 aliphatic heterocycles. The van der Waals surface area contributed by atoms with Crippen molar-refractivity contribution in [2.75, 3.05) is 68.1 Å². The van der Waals surface area contributed by atoms with Gasteiger partial charge in [0, 0.05) is 45.8 Å². The van der Waals surface area contributed by atoms with Crippen LogP contribution in [0.2, 0.25) is 0 Å². The number of nitrogens with one attached hydrogen (secondary N) is 1. The molecule has 0 radical (unpaired) electrons. The Morgan fingerprint density at radius 2 is 1.74 bits per heavy atom. The maximum absolute atomic E-state index is 13.1. The summed E-state index contributed by atoms with van der Waals surface area (Å²) in [6, 6.07) is 4.07. The smallest absolute Gasteiger partial charge is 0.248 e. The first-order chi connectivity index (χ1) is 16.0. The fourth-order valence-electron chi connectivity index (χ4n) is 4.36. The normalized spacial score (nSPS) is 18.6. The first-order valence-corrected chi connectivity index (χ1v) is 13.2. The van der Waals surface area contributed by atoms with Crippen molar-refractivity contribution in [3.05, 3.63) is 23.3 Å². The van der Waals surface area contributed by atoms with Crippen LogP contribution >= 0.6 is 0 Å². The molecule has 2 unspecified atom stereocenters. The summed E-state index contributed by atoms with van der Waals surface area (Å²) in [5.41, 5.74) is 1.26. The average molecular weight is 499 g/mol. The molecule has 0 spiro atoms. The van der Waals surface area contributed by atoms with Crippen molar-refractivity contribution in [1.82, 2.24) is 19.4 Å². The van der Waals surface area contributed by atoms with E-state index in [1.165, 1.54) is 11.4 Å². The number of methoxy groups -OCH3 is 1. The summed E-state index contributed by atoms with van der Waals surface area (Å²) in [5, 5.41) is 3.56. The molecule has 2 rings (SSSR count). The minimum absolute atomic E-state index is 0.0554. The van der Waals surface area contributed by atoms with Crippen molar-refractivity contribution < 1.29 is 22.7 Å². The van der Waals surface area contributed by atoms with Gasteiger partial charge in [0.2, 0.25) is 15.9 Å². The Labute approximate surface area is 205 Å². The van der Waals surface area contributed by atoms with Gasteiger partial charge in [-0.15, -0.1) is 0 Å². The van der Waals surface area contributed by atoms with Crippen LogP contribution in [0.15, 0.2) is 17.0 Å². The van der Waals surface area contributed by atoms with Gasteiger partial charge >= 0.3 is 0 Å². The number of nitrogens with zero attached hydrogens (tertiary/aromatic N) is 3. The van der Waals surface area contributed by atoms with Crippen LogP contribution in [0.5, 0.6) is 5.75 Å². The van der Waals surface area contributed by atoms with E-state index in [9.17, 15) is 13.2 Å². The maximum atomic E-state index is 13.1. The van der Waals surface area contributed by atoms with E-state index in [0.29, 0.717) is 22.9 Å². The zero-order chi connectivity index (χ0) is 25.5. The average Bonchev–Trinajstić information content (AvgIpc) is 3.23. The molecular formula is C24H42N4O5S. The number of ether oxygens (including phenoxy) is 2. The predicted molar refractivity (Wildman–Crippen MR) is 134 cm³/mol. The molecular weight excluding hydrogens is 456 g/mol. The van der Waals surface area contributed by atoms with Gasteiger partial charge in [-0.05, 0) is 70.5 Å². The molecule has 1 saturated carbocycles. The maximum Gasteiger partial charge on any atom is 0.248 e. The molecule has 1 N–H and O–H groups in total. The number of carbonyl (C=O) groups is 1. The molecule has 9 nitrogen and oxygen atoms in total. The van der Waals surface area contributed by atoms with Crippen LogP contribution in [0.4, 0.5) is 0 Å². The molecule has 194 valence electrons. The Bertz CT molecular complexity index is 899. The van der Waals surface area contributed by atoms with Crippen LogP contribution in [0.25, 0.3) is 0 Å². The summed E-state index contributed by atoms with van der Waals surface area (Å²) in [5.74, 6) is 0.548. The highest BCUT2D eigenvalue weighted by Gasteiger charge is 2.30. The minimum atomic E-state index is -3.68. The second-order valence-electron chi connectivity index (χ2n) is 9.40. The molecule has 0 bridgehead atoms. The van der Waals surface area contributed by atoms with Crippen molar-refractivity contribution in [2.24, 2.45) is 0 Å². The number of hydrogen-bond donors (Lipinski definition) is 1. The molecule has 0 saturated heterocycles. The fraction of sp³-hybridized carbons (Fsp3) is 0.708. The van der Waals surface area contributed by atoms with Crippen LogP contribution in [0, 0.1) is 13.8 Å². The van der Waals surface area contributed by atoms with E-state index in [0.717, 1.165) is 32.4 Å². The number of benzene rings is 1. The lowest BCUT2D eigenvalue weighted by Crippen LogP contribution is -2.40. The molecule has 0 aromatic heterocycles. The fourth-order valence-corrected chi connectivity index (χ4v) is 5.91. The number of hydrogen-bond acceptors (Lipinski definition) is 7. The molecule has 1 aromatic carbocycles. The van der Waals surface area contributed by atoms with Gasteiger partial charge in [0.25, 0.3) is 0 Å². The lowest BCUT2D eigenvalue weighted by Gasteiger charge is -2.25. The molecule has 1 aliphatic rings. The van der Waals surface area contributed by atoms with Crippen molar-refractivity contribution in [1.29, 1.82) is 0 Å². The standard InChI is InChI=1S/C24H42N4O5S/c1-18-14-22(32-7)15-19(2)24(18)34(30,31)27(5)12-13-33-17-23(29)28(6)21-9-8-20(16-21)25-10-11-26(3)4/h14-15,20-21,25H,8-13,16-17H2,1-7H3. The first-order valence-electron chi connectivity index (χ1n) is 11.8. The Kier molecular flexibility index (Phi) is 10.8. The topological polar surface area (TPSA) is 91.4 Å². The van der Waals surface area contributed by atoms with Crippen molar-refractivity contribution >= 4 is 15.9 Å². The van der Waals surface area contributed by atoms with Gasteiger partial charge in [-0.25, -0.2) is 8.42 Å². The minimum Gasteiger partial charge on any atom is -0.497 e. The van der Waals surface area contributed by atoms with Crippen LogP contribution in [-0.4, -0.2) is 109 Å². The number of carbonyl (C=O) groups excluding carboxylic acids is 1. The Balaban J connectivity index is 1.79. The van der Waals surface area contributed by atoms with E-state index < -0.39 is 10.0 Å². The molecule has 0 heterocycles. The van der Waals surface area contributed by atoms with Gasteiger partial charge in [-0.2, -0.15) is 4.31 Å². The summed E-state index contributed by atoms with van der Waals surface area (Å²) in [7, 11) is 5.33. The number of rotatable bonds is 13. The first kappa shape index (κ1) is 28.5. The lowest BCUT2D eigenvalue weighted by molar-refractivity contribution is -0.136. The van der Waals surface area contributed by atoms with Crippen LogP contribution in [0.1, 0.15) is 30.4 Å². The van der Waals surface area contributed by atoms with Gasteiger partial charge in [-0.3, -0.25) is 4.79 Å². The van der Waals surface area contributed by atoms with E-state index in [-0.39, 0.29) is 36.6 Å². The molecule has 1 aromatic rings. The second kappa shape index (κ2) is 12.8. The highest BCUT2D eigenvalue weighted by molar-refractivity contribution is 7.89. The molecule has 1 amide bonds. The van der Waals surface area contributed by atoms with E-state index in [1.807, 2.05) is 7.05 Å². The van der Waals surface area contributed by atoms with Crippen LogP contribution in [0.3, 0.4) is 0 Å². The number of aryl methyl sites for hydroxylation is 2. The van der Waals surface area contributed by atoms with Crippen molar-refractivity contribution in [3.63, 3.8) is 0 Å². The van der Waals surface area contributed by atoms with E-state index in [2.05, 4.69) is 24.3 Å². The highest BCUT2D eigenvalue weighted by atomic mass is 32.2. The third-order valence-electron chi connectivity index (χ3n) is 6.45. The van der Waals surface area contributed by atoms with E-state index >= 15 is 0 Å². The van der Waals surface area contributed by atoms with Crippen molar-refractivity contribution in [3.8, 4) is 5.75 Å². The third kappa shape index (κ3) is 7.64. The molecule has 34 heavy (non-hydrogen) atoms. The van der Waals surface area contributed by atoms with Crippen LogP contribution < -0.4 is 10.1 Å². The number of amides is 1. The van der Waals surface area contributed by atoms with E-state index in [4.69, 9.17) is 9.47 Å². The van der Waals surface area contributed by atoms with Gasteiger partial charge in [0.1, 0.15) is 12.4 Å². The largest absolute Gasteiger partial charge is 0.497 e. The van der Waals surface area contributed by atoms with E-state index in [1.54, 1.807) is 38.0 Å². The summed E-state index contributed by atoms with van der Waals surface area (Å²) in [6.45, 7) is 5.69. The van der Waals surface area contributed by atoms with Crippen molar-refractivity contribution in [2.45, 2.75) is 50.1 Å². The Morgan fingerprint density at radius 3 is 2.32 bits per heavy atom. The molecule has 2 atom stereocenters. The zero-order valence-corrected chi connectivity index (χ0v) is 22.6. The zero-order valence-electron chi connectivity index (χ0n) is 21.8. The van der Waals surface area contributed by atoms with Gasteiger partial charge in [0.15, 0.2) is 0 Å². The monoisotopic (exact) mass is 498 g/mol. The highest BCUT2D eigenvalue weighted by Crippen LogP contribution is 2.27. The third-order valence-corrected chi connectivity index (χ3v) is 8.62. The quantitative estimate of drug-likeness (QED) is 0.412. The Hall–Kier alpha value is -1.72. The Morgan fingerprint density at radius 1 is 1.09 bits per heavy atom. The molecule has 1 fully saturated rings. The second-order valence-corrected chi connectivity index (χ2v) is 11.4. The summed E-state index contributed by atoms with van der Waals surface area (Å²) < 4.78 is 38.2. The van der Waals surface area contributed by atoms with Crippen LogP contribution in [-0.2, 0) is 19.6 Å². The van der Waals surface area contributed by atoms with Gasteiger partial charge in [0.05, 0.1) is 18.6 Å². The lowest BCUT2D eigenvalue weighted by atomic mass is 10.1. The summed E-state index contributed by atoms with van der Waals surface area (Å²) in [4.78, 5) is 16.8. The molecule has 10 heteroatoms. The van der Waals surface area contributed by atoms with Gasteiger partial charge in [-0.1, -0.05) is 0 Å². The summed E-state index contributed by atoms with van der Waals surface area (Å²) in [6.07, 6.45) is 2.98. The number of sulfonamides is 1. The molecule has 1 aliphatic carbocycles. The predicted octanol–water partition coefficient (Wildman–Crippen LogP) is 1.48. The summed E-state index contributed by atoms with van der Waals surface area (Å²) >= 11 is 0.